The maximum Gasteiger partial charge on any atom is 0.238 e. The summed E-state index contributed by atoms with van der Waals surface area (Å²) < 4.78 is 41.0. The van der Waals surface area contributed by atoms with Crippen LogP contribution < -0.4 is 9.46 Å². The highest BCUT2D eigenvalue weighted by Crippen LogP contribution is 2.27. The van der Waals surface area contributed by atoms with Gasteiger partial charge < -0.3 is 9.26 Å². The van der Waals surface area contributed by atoms with Crippen molar-refractivity contribution in [2.75, 3.05) is 11.8 Å². The summed E-state index contributed by atoms with van der Waals surface area (Å²) in [6.07, 6.45) is 4.34. The van der Waals surface area contributed by atoms with Crippen LogP contribution in [0.1, 0.15) is 36.8 Å². The van der Waals surface area contributed by atoms with E-state index in [0.717, 1.165) is 5.56 Å². The Hall–Kier alpha value is -3.58. The Bertz CT molecular complexity index is 1420. The largest absolute Gasteiger partial charge is 0.481 e. The van der Waals surface area contributed by atoms with Gasteiger partial charge in [0, 0.05) is 29.9 Å². The number of aromatic nitrogens is 7. The predicted molar refractivity (Wildman–Crippen MR) is 128 cm³/mol. The number of ether oxygens (including phenoxy) is 1. The Morgan fingerprint density at radius 3 is 2.60 bits per heavy atom. The van der Waals surface area contributed by atoms with Gasteiger partial charge in [0.1, 0.15) is 17.8 Å². The summed E-state index contributed by atoms with van der Waals surface area (Å²) in [4.78, 5) is 12.7. The van der Waals surface area contributed by atoms with Crippen LogP contribution in [0.25, 0.3) is 11.5 Å². The van der Waals surface area contributed by atoms with E-state index in [1.165, 1.54) is 25.8 Å². The van der Waals surface area contributed by atoms with E-state index in [4.69, 9.17) is 20.9 Å². The van der Waals surface area contributed by atoms with E-state index in [9.17, 15) is 8.42 Å². The third-order valence-electron chi connectivity index (χ3n) is 5.57. The van der Waals surface area contributed by atoms with Gasteiger partial charge in [0.25, 0.3) is 0 Å². The first kappa shape index (κ1) is 24.5. The van der Waals surface area contributed by atoms with Gasteiger partial charge in [-0.05, 0) is 19.9 Å². The molecule has 0 radical (unpaired) electrons. The predicted octanol–water partition coefficient (Wildman–Crippen LogP) is 3.07. The number of sulfonamides is 1. The summed E-state index contributed by atoms with van der Waals surface area (Å²) in [7, 11) is -2.43. The van der Waals surface area contributed by atoms with Crippen LogP contribution in [0.15, 0.2) is 41.4 Å². The number of aryl methyl sites for hydroxylation is 1. The summed E-state index contributed by atoms with van der Waals surface area (Å²) in [5, 5.41) is 11.7. The molecule has 0 aromatic carbocycles. The molecule has 2 atom stereocenters. The Morgan fingerprint density at radius 2 is 1.94 bits per heavy atom. The fourth-order valence-electron chi connectivity index (χ4n) is 3.26. The molecule has 0 spiro atoms. The van der Waals surface area contributed by atoms with Crippen molar-refractivity contribution in [1.29, 1.82) is 0 Å². The number of anilines is 1. The minimum atomic E-state index is -3.93. The van der Waals surface area contributed by atoms with E-state index >= 15 is 0 Å². The normalized spacial score (nSPS) is 13.4. The molecule has 1 N–H and O–H groups in total. The van der Waals surface area contributed by atoms with Crippen molar-refractivity contribution in [2.24, 2.45) is 0 Å². The van der Waals surface area contributed by atoms with Gasteiger partial charge in [-0.15, -0.1) is 10.2 Å². The second-order valence-electron chi connectivity index (χ2n) is 7.82. The van der Waals surface area contributed by atoms with Crippen LogP contribution >= 0.6 is 11.6 Å². The lowest BCUT2D eigenvalue weighted by molar-refractivity contribution is 0.398. The minimum Gasteiger partial charge on any atom is -0.481 e. The number of pyridine rings is 1. The number of methoxy groups -OCH3 is 1. The van der Waals surface area contributed by atoms with Crippen LogP contribution in [0.3, 0.4) is 0 Å². The lowest BCUT2D eigenvalue weighted by Crippen LogP contribution is -2.31. The standard InChI is InChI=1S/C21H23ClN8O4S/c1-12(19-23-8-16(22)9-24-19)14(3)35(31,32)29-21-27-26-20(17-6-5-7-18(25-17)33-4)30(21)10-15-11-34-28-13(15)2/h5-9,11-12,14H,10H2,1-4H3,(H,27,29)/t12-,14-/m0/s1. The lowest BCUT2D eigenvalue weighted by atomic mass is 10.1. The number of nitrogens with one attached hydrogen (secondary N) is 1. The van der Waals surface area contributed by atoms with Gasteiger partial charge in [0.15, 0.2) is 5.82 Å². The van der Waals surface area contributed by atoms with E-state index in [1.54, 1.807) is 43.5 Å². The van der Waals surface area contributed by atoms with Crippen LogP contribution in [0.2, 0.25) is 5.02 Å². The summed E-state index contributed by atoms with van der Waals surface area (Å²) >= 11 is 5.85. The van der Waals surface area contributed by atoms with E-state index in [-0.39, 0.29) is 12.5 Å². The zero-order valence-electron chi connectivity index (χ0n) is 19.4. The third-order valence-corrected chi connectivity index (χ3v) is 7.61. The molecule has 0 aliphatic heterocycles. The van der Waals surface area contributed by atoms with Crippen LogP contribution in [0, 0.1) is 6.92 Å². The van der Waals surface area contributed by atoms with Gasteiger partial charge in [0.2, 0.25) is 21.9 Å². The molecule has 0 fully saturated rings. The highest BCUT2D eigenvalue weighted by molar-refractivity contribution is 7.93. The summed E-state index contributed by atoms with van der Waals surface area (Å²) in [6.45, 7) is 5.27. The van der Waals surface area contributed by atoms with E-state index in [2.05, 4.69) is 35.0 Å². The molecule has 35 heavy (non-hydrogen) atoms. The zero-order chi connectivity index (χ0) is 25.2. The molecule has 0 saturated carbocycles. The molecule has 0 aliphatic rings. The van der Waals surface area contributed by atoms with Gasteiger partial charge >= 0.3 is 0 Å². The van der Waals surface area contributed by atoms with E-state index in [0.29, 0.717) is 33.9 Å². The van der Waals surface area contributed by atoms with Crippen LogP contribution in [-0.2, 0) is 16.6 Å². The van der Waals surface area contributed by atoms with Crippen molar-refractivity contribution in [2.45, 2.75) is 38.5 Å². The Labute approximate surface area is 206 Å². The highest BCUT2D eigenvalue weighted by Gasteiger charge is 2.31. The number of nitrogens with zero attached hydrogens (tertiary/aromatic N) is 7. The molecule has 0 aliphatic carbocycles. The second kappa shape index (κ2) is 9.96. The molecule has 14 heteroatoms. The molecule has 0 saturated heterocycles. The first-order valence-corrected chi connectivity index (χ1v) is 12.5. The lowest BCUT2D eigenvalue weighted by Gasteiger charge is -2.20. The minimum absolute atomic E-state index is 0.0151. The number of hydrogen-bond donors (Lipinski definition) is 1. The first-order valence-electron chi connectivity index (χ1n) is 10.5. The van der Waals surface area contributed by atoms with E-state index in [1.807, 2.05) is 0 Å². The second-order valence-corrected chi connectivity index (χ2v) is 10.3. The summed E-state index contributed by atoms with van der Waals surface area (Å²) in [5.41, 5.74) is 1.83. The highest BCUT2D eigenvalue weighted by atomic mass is 35.5. The molecule has 12 nitrogen and oxygen atoms in total. The first-order chi connectivity index (χ1) is 16.7. The van der Waals surface area contributed by atoms with Crippen molar-refractivity contribution in [1.82, 2.24) is 34.9 Å². The molecule has 0 unspecified atom stereocenters. The van der Waals surface area contributed by atoms with Crippen molar-refractivity contribution >= 4 is 27.6 Å². The Morgan fingerprint density at radius 1 is 1.20 bits per heavy atom. The Kier molecular flexibility index (Phi) is 6.98. The molecule has 4 heterocycles. The molecule has 4 aromatic rings. The maximum atomic E-state index is 13.3. The molecule has 184 valence electrons. The van der Waals surface area contributed by atoms with Gasteiger partial charge in [-0.2, -0.15) is 0 Å². The SMILES string of the molecule is COc1cccc(-c2nnc(NS(=O)(=O)[C@@H](C)[C@H](C)c3ncc(Cl)cn3)n2Cc2conc2C)n1. The number of rotatable bonds is 9. The maximum absolute atomic E-state index is 13.3. The fraction of sp³-hybridized carbons (Fsp3) is 0.333. The average molecular weight is 519 g/mol. The topological polar surface area (TPSA) is 151 Å². The number of halogens is 1. The molecular weight excluding hydrogens is 496 g/mol. The van der Waals surface area contributed by atoms with Gasteiger partial charge in [-0.3, -0.25) is 9.29 Å². The van der Waals surface area contributed by atoms with Crippen molar-refractivity contribution < 1.29 is 17.7 Å². The molecule has 4 aromatic heterocycles. The van der Waals surface area contributed by atoms with Gasteiger partial charge in [-0.25, -0.2) is 23.4 Å². The van der Waals surface area contributed by atoms with Gasteiger partial charge in [-0.1, -0.05) is 29.7 Å². The van der Waals surface area contributed by atoms with Crippen molar-refractivity contribution in [3.05, 3.63) is 59.0 Å². The van der Waals surface area contributed by atoms with Crippen molar-refractivity contribution in [3.8, 4) is 17.4 Å². The number of hydrogen-bond acceptors (Lipinski definition) is 10. The van der Waals surface area contributed by atoms with Gasteiger partial charge in [0.05, 0.1) is 29.6 Å². The smallest absolute Gasteiger partial charge is 0.238 e. The fourth-order valence-corrected chi connectivity index (χ4v) is 4.61. The van der Waals surface area contributed by atoms with Crippen molar-refractivity contribution in [3.63, 3.8) is 0 Å². The van der Waals surface area contributed by atoms with E-state index < -0.39 is 21.2 Å². The molecule has 0 bridgehead atoms. The average Bonchev–Trinajstić information content (AvgIpc) is 3.44. The quantitative estimate of drug-likeness (QED) is 0.350. The molecule has 4 rings (SSSR count). The third kappa shape index (κ3) is 5.25. The summed E-state index contributed by atoms with van der Waals surface area (Å²) in [5.74, 6) is 0.562. The Balaban J connectivity index is 1.69. The van der Waals surface area contributed by atoms with Crippen LogP contribution in [-0.4, -0.2) is 55.7 Å². The van der Waals surface area contributed by atoms with Crippen LogP contribution in [0.5, 0.6) is 5.88 Å². The molecular formula is C21H23ClN8O4S. The summed E-state index contributed by atoms with van der Waals surface area (Å²) in [6, 6.07) is 5.18. The zero-order valence-corrected chi connectivity index (χ0v) is 20.9. The van der Waals surface area contributed by atoms with Crippen LogP contribution in [0.4, 0.5) is 5.95 Å². The monoisotopic (exact) mass is 518 g/mol. The molecule has 0 amide bonds.